The number of hydrogen-bond acceptors (Lipinski definition) is 4. The third kappa shape index (κ3) is 2.85. The molecule has 1 aromatic rings. The smallest absolute Gasteiger partial charge is 0.313 e. The largest absolute Gasteiger partial charge is 0.481 e. The quantitative estimate of drug-likeness (QED) is 0.766. The standard InChI is InChI=1S/C12H17N3O2S/c16-10(17)7-18-12-14-13-11(9-3-4-9)15(12)6-5-8-1-2-8/h8-9H,1-7H2,(H,16,17). The molecule has 3 rings (SSSR count). The molecule has 1 N–H and O–H groups in total. The van der Waals surface area contributed by atoms with Crippen molar-refractivity contribution in [2.24, 2.45) is 5.92 Å². The zero-order chi connectivity index (χ0) is 12.5. The van der Waals surface area contributed by atoms with Gasteiger partial charge in [0.25, 0.3) is 0 Å². The molecule has 2 saturated carbocycles. The first-order valence-corrected chi connectivity index (χ1v) is 7.50. The van der Waals surface area contributed by atoms with Crippen molar-refractivity contribution in [1.82, 2.24) is 14.8 Å². The Morgan fingerprint density at radius 1 is 1.33 bits per heavy atom. The van der Waals surface area contributed by atoms with Crippen LogP contribution in [0.3, 0.4) is 0 Å². The number of carbonyl (C=O) groups is 1. The molecular formula is C12H17N3O2S. The second-order valence-corrected chi connectivity index (χ2v) is 6.12. The highest BCUT2D eigenvalue weighted by Crippen LogP contribution is 2.41. The van der Waals surface area contributed by atoms with Crippen LogP contribution in [0.25, 0.3) is 0 Å². The fraction of sp³-hybridized carbons (Fsp3) is 0.750. The molecule has 0 amide bonds. The molecule has 0 radical (unpaired) electrons. The van der Waals surface area contributed by atoms with Gasteiger partial charge >= 0.3 is 5.97 Å². The molecule has 0 bridgehead atoms. The number of aromatic nitrogens is 3. The molecule has 1 aromatic heterocycles. The summed E-state index contributed by atoms with van der Waals surface area (Å²) in [6.07, 6.45) is 6.27. The van der Waals surface area contributed by atoms with Crippen LogP contribution in [0.1, 0.15) is 43.8 Å². The van der Waals surface area contributed by atoms with E-state index in [2.05, 4.69) is 14.8 Å². The fourth-order valence-electron chi connectivity index (χ4n) is 2.10. The molecule has 1 heterocycles. The van der Waals surface area contributed by atoms with Crippen LogP contribution in [0.2, 0.25) is 0 Å². The van der Waals surface area contributed by atoms with E-state index in [9.17, 15) is 4.79 Å². The average Bonchev–Trinajstić information content (AvgIpc) is 3.23. The molecule has 0 atom stereocenters. The second kappa shape index (κ2) is 4.91. The van der Waals surface area contributed by atoms with Crippen molar-refractivity contribution in [2.45, 2.75) is 49.7 Å². The summed E-state index contributed by atoms with van der Waals surface area (Å²) in [7, 11) is 0. The Morgan fingerprint density at radius 3 is 2.72 bits per heavy atom. The van der Waals surface area contributed by atoms with Crippen LogP contribution < -0.4 is 0 Å². The molecule has 98 valence electrons. The first-order chi connectivity index (χ1) is 8.74. The van der Waals surface area contributed by atoms with E-state index in [1.54, 1.807) is 0 Å². The van der Waals surface area contributed by atoms with Gasteiger partial charge in [-0.15, -0.1) is 10.2 Å². The van der Waals surface area contributed by atoms with Gasteiger partial charge in [0, 0.05) is 12.5 Å². The maximum absolute atomic E-state index is 10.6. The molecule has 2 aliphatic carbocycles. The lowest BCUT2D eigenvalue weighted by atomic mass is 10.3. The number of thioether (sulfide) groups is 1. The molecular weight excluding hydrogens is 250 g/mol. The molecule has 0 spiro atoms. The number of rotatable bonds is 7. The summed E-state index contributed by atoms with van der Waals surface area (Å²) < 4.78 is 2.16. The highest BCUT2D eigenvalue weighted by molar-refractivity contribution is 7.99. The third-order valence-electron chi connectivity index (χ3n) is 3.47. The van der Waals surface area contributed by atoms with Crippen LogP contribution in [0.5, 0.6) is 0 Å². The first kappa shape index (κ1) is 12.0. The fourth-order valence-corrected chi connectivity index (χ4v) is 2.80. The van der Waals surface area contributed by atoms with Gasteiger partial charge in [-0.1, -0.05) is 24.6 Å². The highest BCUT2D eigenvalue weighted by atomic mass is 32.2. The average molecular weight is 267 g/mol. The zero-order valence-electron chi connectivity index (χ0n) is 10.2. The summed E-state index contributed by atoms with van der Waals surface area (Å²) >= 11 is 1.28. The van der Waals surface area contributed by atoms with Crippen molar-refractivity contribution in [3.05, 3.63) is 5.82 Å². The third-order valence-corrected chi connectivity index (χ3v) is 4.42. The number of hydrogen-bond donors (Lipinski definition) is 1. The number of carboxylic acids is 1. The lowest BCUT2D eigenvalue weighted by molar-refractivity contribution is -0.133. The maximum Gasteiger partial charge on any atom is 0.313 e. The molecule has 0 saturated heterocycles. The van der Waals surface area contributed by atoms with Gasteiger partial charge in [-0.25, -0.2) is 0 Å². The van der Waals surface area contributed by atoms with Gasteiger partial charge in [-0.3, -0.25) is 4.79 Å². The van der Waals surface area contributed by atoms with Gasteiger partial charge in [0.2, 0.25) is 0 Å². The Bertz CT molecular complexity index is 452. The normalized spacial score (nSPS) is 19.1. The van der Waals surface area contributed by atoms with E-state index in [1.807, 2.05) is 0 Å². The molecule has 0 aliphatic heterocycles. The van der Waals surface area contributed by atoms with E-state index in [4.69, 9.17) is 5.11 Å². The molecule has 2 aliphatic rings. The minimum atomic E-state index is -0.801. The van der Waals surface area contributed by atoms with E-state index in [0.29, 0.717) is 5.92 Å². The summed E-state index contributed by atoms with van der Waals surface area (Å²) in [4.78, 5) is 10.6. The Kier molecular flexibility index (Phi) is 3.28. The predicted octanol–water partition coefficient (Wildman–Crippen LogP) is 2.13. The van der Waals surface area contributed by atoms with Gasteiger partial charge < -0.3 is 9.67 Å². The van der Waals surface area contributed by atoms with Crippen LogP contribution >= 0.6 is 11.8 Å². The molecule has 6 heteroatoms. The molecule has 18 heavy (non-hydrogen) atoms. The molecule has 0 aromatic carbocycles. The van der Waals surface area contributed by atoms with Gasteiger partial charge in [-0.2, -0.15) is 0 Å². The van der Waals surface area contributed by atoms with Crippen molar-refractivity contribution < 1.29 is 9.90 Å². The van der Waals surface area contributed by atoms with Gasteiger partial charge in [0.1, 0.15) is 5.82 Å². The Balaban J connectivity index is 1.71. The highest BCUT2D eigenvalue weighted by Gasteiger charge is 2.31. The monoisotopic (exact) mass is 267 g/mol. The van der Waals surface area contributed by atoms with E-state index in [0.717, 1.165) is 23.4 Å². The van der Waals surface area contributed by atoms with E-state index in [1.165, 1.54) is 43.9 Å². The van der Waals surface area contributed by atoms with E-state index >= 15 is 0 Å². The number of aliphatic carboxylic acids is 1. The van der Waals surface area contributed by atoms with Crippen LogP contribution in [-0.2, 0) is 11.3 Å². The van der Waals surface area contributed by atoms with Crippen LogP contribution in [-0.4, -0.2) is 31.6 Å². The lowest BCUT2D eigenvalue weighted by Crippen LogP contribution is -2.07. The second-order valence-electron chi connectivity index (χ2n) is 5.18. The summed E-state index contributed by atoms with van der Waals surface area (Å²) in [6, 6.07) is 0. The van der Waals surface area contributed by atoms with Gasteiger partial charge in [-0.05, 0) is 25.2 Å². The molecule has 5 nitrogen and oxygen atoms in total. The van der Waals surface area contributed by atoms with Gasteiger partial charge in [0.05, 0.1) is 5.75 Å². The Morgan fingerprint density at radius 2 is 2.11 bits per heavy atom. The lowest BCUT2D eigenvalue weighted by Gasteiger charge is -2.08. The predicted molar refractivity (Wildman–Crippen MR) is 67.7 cm³/mol. The zero-order valence-corrected chi connectivity index (χ0v) is 11.0. The minimum Gasteiger partial charge on any atom is -0.481 e. The van der Waals surface area contributed by atoms with Crippen molar-refractivity contribution in [1.29, 1.82) is 0 Å². The van der Waals surface area contributed by atoms with Crippen LogP contribution in [0.4, 0.5) is 0 Å². The minimum absolute atomic E-state index is 0.0617. The summed E-state index contributed by atoms with van der Waals surface area (Å²) in [6.45, 7) is 0.950. The van der Waals surface area contributed by atoms with Crippen molar-refractivity contribution in [2.75, 3.05) is 5.75 Å². The number of nitrogens with zero attached hydrogens (tertiary/aromatic N) is 3. The molecule has 0 unspecified atom stereocenters. The van der Waals surface area contributed by atoms with Gasteiger partial charge in [0.15, 0.2) is 5.16 Å². The Hall–Kier alpha value is -1.04. The first-order valence-electron chi connectivity index (χ1n) is 6.51. The summed E-state index contributed by atoms with van der Waals surface area (Å²) in [5.41, 5.74) is 0. The van der Waals surface area contributed by atoms with Crippen molar-refractivity contribution >= 4 is 17.7 Å². The summed E-state index contributed by atoms with van der Waals surface area (Å²) in [5, 5.41) is 17.9. The number of carboxylic acid groups (broad SMARTS) is 1. The van der Waals surface area contributed by atoms with E-state index < -0.39 is 5.97 Å². The SMILES string of the molecule is O=C(O)CSc1nnc(C2CC2)n1CCC1CC1. The van der Waals surface area contributed by atoms with Crippen molar-refractivity contribution in [3.8, 4) is 0 Å². The maximum atomic E-state index is 10.6. The van der Waals surface area contributed by atoms with Crippen LogP contribution in [0.15, 0.2) is 5.16 Å². The van der Waals surface area contributed by atoms with Crippen LogP contribution in [0, 0.1) is 5.92 Å². The van der Waals surface area contributed by atoms with Crippen molar-refractivity contribution in [3.63, 3.8) is 0 Å². The topological polar surface area (TPSA) is 68.0 Å². The molecule has 2 fully saturated rings. The summed E-state index contributed by atoms with van der Waals surface area (Å²) in [5.74, 6) is 1.77. The van der Waals surface area contributed by atoms with E-state index in [-0.39, 0.29) is 5.75 Å². The Labute approximate surface area is 110 Å².